The molecule has 2 aromatic carbocycles. The second kappa shape index (κ2) is 8.24. The summed E-state index contributed by atoms with van der Waals surface area (Å²) in [5.74, 6) is -0.0289. The molecule has 0 atom stereocenters. The molecular formula is C19H20FNO3. The number of carbonyl (C=O) groups is 2. The number of carbonyl (C=O) groups excluding carboxylic acids is 2. The van der Waals surface area contributed by atoms with E-state index in [-0.39, 0.29) is 30.7 Å². The summed E-state index contributed by atoms with van der Waals surface area (Å²) < 4.78 is 19.0. The van der Waals surface area contributed by atoms with Crippen molar-refractivity contribution in [2.75, 3.05) is 13.7 Å². The standard InChI is InChI=1S/C19H20FNO3/c1-3-18(22)14-8-10-16(11-9-14)24-13-19(23)21(2)12-15-6-4-5-7-17(15)20/h4-11H,3,12-13H2,1-2H3. The van der Waals surface area contributed by atoms with Gasteiger partial charge in [-0.15, -0.1) is 0 Å². The van der Waals surface area contributed by atoms with Crippen molar-refractivity contribution in [1.82, 2.24) is 4.90 Å². The van der Waals surface area contributed by atoms with Crippen LogP contribution < -0.4 is 4.74 Å². The monoisotopic (exact) mass is 329 g/mol. The molecule has 0 radical (unpaired) electrons. The van der Waals surface area contributed by atoms with Crippen LogP contribution in [-0.4, -0.2) is 30.2 Å². The van der Waals surface area contributed by atoms with Gasteiger partial charge in [-0.3, -0.25) is 9.59 Å². The van der Waals surface area contributed by atoms with Crippen molar-refractivity contribution >= 4 is 11.7 Å². The Morgan fingerprint density at radius 2 is 1.75 bits per heavy atom. The van der Waals surface area contributed by atoms with Gasteiger partial charge in [0.1, 0.15) is 11.6 Å². The van der Waals surface area contributed by atoms with Gasteiger partial charge in [0.05, 0.1) is 0 Å². The molecule has 0 aliphatic heterocycles. The van der Waals surface area contributed by atoms with Gasteiger partial charge in [0.25, 0.3) is 5.91 Å². The molecule has 0 aliphatic rings. The van der Waals surface area contributed by atoms with E-state index in [1.807, 2.05) is 0 Å². The van der Waals surface area contributed by atoms with E-state index in [1.54, 1.807) is 56.4 Å². The van der Waals surface area contributed by atoms with E-state index in [0.717, 1.165) is 0 Å². The average Bonchev–Trinajstić information content (AvgIpc) is 2.61. The molecule has 5 heteroatoms. The quantitative estimate of drug-likeness (QED) is 0.731. The third-order valence-corrected chi connectivity index (χ3v) is 3.65. The molecule has 0 saturated carbocycles. The Kier molecular flexibility index (Phi) is 6.07. The number of ether oxygens (including phenoxy) is 1. The molecule has 2 rings (SSSR count). The van der Waals surface area contributed by atoms with Crippen LogP contribution in [0.1, 0.15) is 29.3 Å². The van der Waals surface area contributed by atoms with Crippen LogP contribution in [0, 0.1) is 5.82 Å². The Bertz CT molecular complexity index is 713. The minimum absolute atomic E-state index is 0.0576. The van der Waals surface area contributed by atoms with Gasteiger partial charge in [-0.2, -0.15) is 0 Å². The largest absolute Gasteiger partial charge is 0.484 e. The van der Waals surface area contributed by atoms with E-state index in [2.05, 4.69) is 0 Å². The van der Waals surface area contributed by atoms with Crippen molar-refractivity contribution in [1.29, 1.82) is 0 Å². The lowest BCUT2D eigenvalue weighted by Gasteiger charge is -2.18. The third-order valence-electron chi connectivity index (χ3n) is 3.65. The van der Waals surface area contributed by atoms with Crippen LogP contribution in [0.4, 0.5) is 4.39 Å². The van der Waals surface area contributed by atoms with Crippen LogP contribution >= 0.6 is 0 Å². The van der Waals surface area contributed by atoms with E-state index < -0.39 is 0 Å². The summed E-state index contributed by atoms with van der Waals surface area (Å²) in [4.78, 5) is 25.0. The highest BCUT2D eigenvalue weighted by Gasteiger charge is 2.12. The molecule has 1 amide bonds. The number of rotatable bonds is 7. The molecule has 4 nitrogen and oxygen atoms in total. The molecule has 0 saturated heterocycles. The summed E-state index contributed by atoms with van der Waals surface area (Å²) >= 11 is 0. The minimum atomic E-state index is -0.339. The maximum Gasteiger partial charge on any atom is 0.260 e. The molecule has 24 heavy (non-hydrogen) atoms. The maximum absolute atomic E-state index is 13.6. The predicted molar refractivity (Wildman–Crippen MR) is 89.4 cm³/mol. The molecule has 0 fully saturated rings. The number of hydrogen-bond acceptors (Lipinski definition) is 3. The highest BCUT2D eigenvalue weighted by atomic mass is 19.1. The number of halogens is 1. The molecule has 0 unspecified atom stereocenters. The molecule has 126 valence electrons. The van der Waals surface area contributed by atoms with Gasteiger partial charge in [0, 0.05) is 31.1 Å². The van der Waals surface area contributed by atoms with Crippen LogP contribution in [0.2, 0.25) is 0 Å². The second-order valence-corrected chi connectivity index (χ2v) is 5.43. The van der Waals surface area contributed by atoms with Crippen LogP contribution in [0.15, 0.2) is 48.5 Å². The number of nitrogens with zero attached hydrogens (tertiary/aromatic N) is 1. The van der Waals surface area contributed by atoms with Crippen molar-refractivity contribution in [2.45, 2.75) is 19.9 Å². The first kappa shape index (κ1) is 17.7. The van der Waals surface area contributed by atoms with Gasteiger partial charge >= 0.3 is 0 Å². The zero-order valence-corrected chi connectivity index (χ0v) is 13.8. The van der Waals surface area contributed by atoms with Gasteiger partial charge in [0.15, 0.2) is 12.4 Å². The molecule has 0 N–H and O–H groups in total. The van der Waals surface area contributed by atoms with Gasteiger partial charge in [-0.1, -0.05) is 25.1 Å². The number of ketones is 1. The lowest BCUT2D eigenvalue weighted by atomic mass is 10.1. The Morgan fingerprint density at radius 3 is 2.38 bits per heavy atom. The fourth-order valence-electron chi connectivity index (χ4n) is 2.17. The molecule has 0 aromatic heterocycles. The maximum atomic E-state index is 13.6. The molecule has 2 aromatic rings. The van der Waals surface area contributed by atoms with E-state index in [9.17, 15) is 14.0 Å². The van der Waals surface area contributed by atoms with E-state index in [0.29, 0.717) is 23.3 Å². The Labute approximate surface area is 140 Å². The number of amides is 1. The van der Waals surface area contributed by atoms with Crippen molar-refractivity contribution in [3.8, 4) is 5.75 Å². The van der Waals surface area contributed by atoms with E-state index in [1.165, 1.54) is 11.0 Å². The Balaban J connectivity index is 1.88. The summed E-state index contributed by atoms with van der Waals surface area (Å²) in [6, 6.07) is 13.0. The second-order valence-electron chi connectivity index (χ2n) is 5.43. The average molecular weight is 329 g/mol. The summed E-state index contributed by atoms with van der Waals surface area (Å²) in [7, 11) is 1.60. The van der Waals surface area contributed by atoms with Crippen LogP contribution in [-0.2, 0) is 11.3 Å². The SMILES string of the molecule is CCC(=O)c1ccc(OCC(=O)N(C)Cc2ccccc2F)cc1. The number of benzene rings is 2. The normalized spacial score (nSPS) is 10.3. The fourth-order valence-corrected chi connectivity index (χ4v) is 2.17. The molecular weight excluding hydrogens is 309 g/mol. The topological polar surface area (TPSA) is 46.6 Å². The molecule has 0 spiro atoms. The molecule has 0 aliphatic carbocycles. The fraction of sp³-hybridized carbons (Fsp3) is 0.263. The predicted octanol–water partition coefficient (Wildman–Crippen LogP) is 3.46. The first-order valence-corrected chi connectivity index (χ1v) is 7.74. The molecule has 0 heterocycles. The van der Waals surface area contributed by atoms with Gasteiger partial charge < -0.3 is 9.64 Å². The number of Topliss-reactive ketones (excluding diaryl/α,β-unsaturated/α-hetero) is 1. The zero-order valence-electron chi connectivity index (χ0n) is 13.8. The van der Waals surface area contributed by atoms with E-state index >= 15 is 0 Å². The molecule has 0 bridgehead atoms. The van der Waals surface area contributed by atoms with Crippen molar-refractivity contribution in [2.24, 2.45) is 0 Å². The van der Waals surface area contributed by atoms with E-state index in [4.69, 9.17) is 4.74 Å². The zero-order chi connectivity index (χ0) is 17.5. The van der Waals surface area contributed by atoms with Gasteiger partial charge in [-0.25, -0.2) is 4.39 Å². The van der Waals surface area contributed by atoms with Gasteiger partial charge in [-0.05, 0) is 30.3 Å². The number of likely N-dealkylation sites (N-methyl/N-ethyl adjacent to an activating group) is 1. The Hall–Kier alpha value is -2.69. The van der Waals surface area contributed by atoms with Crippen LogP contribution in [0.3, 0.4) is 0 Å². The van der Waals surface area contributed by atoms with Crippen LogP contribution in [0.5, 0.6) is 5.75 Å². The lowest BCUT2D eigenvalue weighted by Crippen LogP contribution is -2.31. The lowest BCUT2D eigenvalue weighted by molar-refractivity contribution is -0.132. The highest BCUT2D eigenvalue weighted by molar-refractivity contribution is 5.95. The summed E-state index contributed by atoms with van der Waals surface area (Å²) in [5.41, 5.74) is 1.07. The smallest absolute Gasteiger partial charge is 0.260 e. The number of hydrogen-bond donors (Lipinski definition) is 0. The first-order chi connectivity index (χ1) is 11.5. The van der Waals surface area contributed by atoms with Crippen molar-refractivity contribution < 1.29 is 18.7 Å². The summed E-state index contributed by atoms with van der Waals surface area (Å²) in [5, 5.41) is 0. The van der Waals surface area contributed by atoms with Crippen molar-refractivity contribution in [3.05, 3.63) is 65.5 Å². The van der Waals surface area contributed by atoms with Gasteiger partial charge in [0.2, 0.25) is 0 Å². The van der Waals surface area contributed by atoms with Crippen molar-refractivity contribution in [3.63, 3.8) is 0 Å². The van der Waals surface area contributed by atoms with Crippen LogP contribution in [0.25, 0.3) is 0 Å². The minimum Gasteiger partial charge on any atom is -0.484 e. The summed E-state index contributed by atoms with van der Waals surface area (Å²) in [6.07, 6.45) is 0.444. The Morgan fingerprint density at radius 1 is 1.08 bits per heavy atom. The summed E-state index contributed by atoms with van der Waals surface area (Å²) in [6.45, 7) is 1.83. The third kappa shape index (κ3) is 4.65. The first-order valence-electron chi connectivity index (χ1n) is 7.74. The highest BCUT2D eigenvalue weighted by Crippen LogP contribution is 2.14.